The summed E-state index contributed by atoms with van der Waals surface area (Å²) in [6, 6.07) is 0. The third-order valence-electron chi connectivity index (χ3n) is 6.07. The maximum Gasteiger partial charge on any atom is 0.410 e. The molecule has 1 saturated carbocycles. The van der Waals surface area contributed by atoms with Gasteiger partial charge in [-0.3, -0.25) is 4.79 Å². The van der Waals surface area contributed by atoms with Crippen LogP contribution < -0.4 is 15.8 Å². The molecule has 0 aromatic carbocycles. The molecule has 1 aliphatic heterocycles. The Labute approximate surface area is 231 Å². The summed E-state index contributed by atoms with van der Waals surface area (Å²) in [6.07, 6.45) is 11.8. The molecule has 0 bridgehead atoms. The minimum absolute atomic E-state index is 0.200. The van der Waals surface area contributed by atoms with E-state index >= 15 is 0 Å². The summed E-state index contributed by atoms with van der Waals surface area (Å²) in [5.41, 5.74) is 5.55. The van der Waals surface area contributed by atoms with Gasteiger partial charge in [0.25, 0.3) is 0 Å². The molecule has 10 heteroatoms. The molecule has 0 atom stereocenters. The van der Waals surface area contributed by atoms with Gasteiger partial charge in [-0.15, -0.1) is 11.3 Å². The van der Waals surface area contributed by atoms with E-state index in [1.54, 1.807) is 11.2 Å². The van der Waals surface area contributed by atoms with Crippen molar-refractivity contribution < 1.29 is 19.1 Å². The monoisotopic (exact) mass is 549 g/mol. The molecule has 38 heavy (non-hydrogen) atoms. The van der Waals surface area contributed by atoms with Crippen LogP contribution >= 0.6 is 11.3 Å². The molecular formula is C28H47N5O4S. The van der Waals surface area contributed by atoms with E-state index in [1.807, 2.05) is 46.0 Å². The number of nitrogens with two attached hydrogens (primary N) is 1. The Balaban J connectivity index is 0.000000233. The van der Waals surface area contributed by atoms with Crippen molar-refractivity contribution in [2.45, 2.75) is 105 Å². The van der Waals surface area contributed by atoms with Crippen molar-refractivity contribution in [1.29, 1.82) is 0 Å². The summed E-state index contributed by atoms with van der Waals surface area (Å²) in [5.74, 6) is 0.510. The van der Waals surface area contributed by atoms with Crippen LogP contribution in [0.1, 0.15) is 90.5 Å². The number of hydrogen-bond acceptors (Lipinski definition) is 8. The molecule has 2 amide bonds. The molecule has 2 aliphatic carbocycles. The van der Waals surface area contributed by atoms with Gasteiger partial charge < -0.3 is 25.4 Å². The quantitative estimate of drug-likeness (QED) is 0.526. The second-order valence-corrected chi connectivity index (χ2v) is 11.5. The number of nitrogens with zero attached hydrogens (tertiary/aromatic N) is 3. The number of piperazine rings is 1. The van der Waals surface area contributed by atoms with Gasteiger partial charge in [0.05, 0.1) is 5.39 Å². The summed E-state index contributed by atoms with van der Waals surface area (Å²) in [6.45, 7) is 14.2. The molecule has 3 N–H and O–H groups in total. The van der Waals surface area contributed by atoms with E-state index < -0.39 is 0 Å². The number of carbonyl (C=O) groups excluding carboxylic acids is 2. The molecule has 0 radical (unpaired) electrons. The zero-order valence-electron chi connectivity index (χ0n) is 24.1. The van der Waals surface area contributed by atoms with Gasteiger partial charge in [0.15, 0.2) is 0 Å². The fourth-order valence-electron chi connectivity index (χ4n) is 4.50. The molecule has 0 unspecified atom stereocenters. The Morgan fingerprint density at radius 1 is 1.05 bits per heavy atom. The van der Waals surface area contributed by atoms with Gasteiger partial charge in [0.2, 0.25) is 11.8 Å². The third-order valence-corrected chi connectivity index (χ3v) is 7.27. The van der Waals surface area contributed by atoms with Gasteiger partial charge in [0, 0.05) is 38.0 Å². The van der Waals surface area contributed by atoms with Crippen molar-refractivity contribution >= 4 is 33.6 Å². The minimum atomic E-state index is -0.387. The number of aryl methyl sites for hydroxylation is 2. The number of thiophene rings is 1. The van der Waals surface area contributed by atoms with E-state index in [9.17, 15) is 9.59 Å². The fraction of sp³-hybridized carbons (Fsp3) is 0.714. The second-order valence-electron chi connectivity index (χ2n) is 10.4. The van der Waals surface area contributed by atoms with Crippen molar-refractivity contribution in [3.63, 3.8) is 0 Å². The van der Waals surface area contributed by atoms with Crippen molar-refractivity contribution in [2.24, 2.45) is 5.73 Å². The Kier molecular flexibility index (Phi) is 13.2. The van der Waals surface area contributed by atoms with Crippen LogP contribution in [0.15, 0.2) is 6.33 Å². The molecule has 3 heterocycles. The number of aromatic nitrogens is 2. The summed E-state index contributed by atoms with van der Waals surface area (Å²) in [4.78, 5) is 33.9. The number of fused-ring (bicyclic) bond motifs is 3. The molecule has 2 aromatic rings. The van der Waals surface area contributed by atoms with Crippen LogP contribution in [-0.2, 0) is 22.4 Å². The maximum atomic E-state index is 11.5. The molecule has 0 spiro atoms. The minimum Gasteiger partial charge on any atom is -0.474 e. The number of ether oxygens (including phenoxy) is 2. The van der Waals surface area contributed by atoms with E-state index in [0.717, 1.165) is 36.9 Å². The summed E-state index contributed by atoms with van der Waals surface area (Å²) in [5, 5.41) is 4.40. The van der Waals surface area contributed by atoms with Crippen molar-refractivity contribution in [2.75, 3.05) is 26.2 Å². The highest BCUT2D eigenvalue weighted by atomic mass is 32.1. The average Bonchev–Trinajstić information content (AvgIpc) is 3.47. The smallest absolute Gasteiger partial charge is 0.410 e. The topological polar surface area (TPSA) is 120 Å². The summed E-state index contributed by atoms with van der Waals surface area (Å²) < 4.78 is 11.4. The zero-order valence-corrected chi connectivity index (χ0v) is 24.9. The number of carbonyl (C=O) groups is 2. The molecular weight excluding hydrogens is 502 g/mol. The standard InChI is InChI=1S/C15H18N2OS.C9H18N2O2.C2H5NO.C2H6/c1-2-5-10(6-3-1)18-14-13-11-7-4-8-12(11)19-15(13)17-9-16-14;1-9(2,3)13-8(12)11-6-4-10-5-7-11;1-2(3)4;1-2/h9-10H,1-8H2;10H,4-7H2,1-3H3;1H3,(H2,3,4);1-2H3. The third kappa shape index (κ3) is 10.4. The van der Waals surface area contributed by atoms with E-state index in [2.05, 4.69) is 21.0 Å². The van der Waals surface area contributed by atoms with Crippen LogP contribution in [0, 0.1) is 0 Å². The highest BCUT2D eigenvalue weighted by Crippen LogP contribution is 2.40. The molecule has 5 rings (SSSR count). The average molecular weight is 550 g/mol. The number of rotatable bonds is 2. The molecule has 2 aromatic heterocycles. The van der Waals surface area contributed by atoms with Gasteiger partial charge in [0.1, 0.15) is 22.9 Å². The van der Waals surface area contributed by atoms with Crippen LogP contribution in [0.3, 0.4) is 0 Å². The first-order valence-electron chi connectivity index (χ1n) is 14.0. The summed E-state index contributed by atoms with van der Waals surface area (Å²) >= 11 is 1.83. The number of hydrogen-bond donors (Lipinski definition) is 2. The number of nitrogens with one attached hydrogen (secondary N) is 1. The van der Waals surface area contributed by atoms with Gasteiger partial charge in [-0.2, -0.15) is 0 Å². The van der Waals surface area contributed by atoms with E-state index in [-0.39, 0.29) is 17.6 Å². The van der Waals surface area contributed by atoms with E-state index in [1.165, 1.54) is 74.1 Å². The number of amides is 2. The van der Waals surface area contributed by atoms with Gasteiger partial charge in [-0.05, 0) is 71.3 Å². The first-order valence-corrected chi connectivity index (χ1v) is 14.8. The van der Waals surface area contributed by atoms with Crippen molar-refractivity contribution in [3.05, 3.63) is 16.8 Å². The molecule has 1 saturated heterocycles. The van der Waals surface area contributed by atoms with Crippen molar-refractivity contribution in [1.82, 2.24) is 20.2 Å². The predicted molar refractivity (Wildman–Crippen MR) is 154 cm³/mol. The van der Waals surface area contributed by atoms with Crippen LogP contribution in [0.25, 0.3) is 10.2 Å². The normalized spacial score (nSPS) is 17.1. The Morgan fingerprint density at radius 3 is 2.29 bits per heavy atom. The molecule has 214 valence electrons. The Hall–Kier alpha value is -2.46. The van der Waals surface area contributed by atoms with Gasteiger partial charge in [-0.25, -0.2) is 14.8 Å². The SMILES string of the molecule is CC.CC(C)(C)OC(=O)N1CCNCC1.CC(N)=O.c1nc(OC2CCCCC2)c2c3c(sc2n1)CCC3. The first kappa shape index (κ1) is 31.8. The second kappa shape index (κ2) is 15.8. The highest BCUT2D eigenvalue weighted by Gasteiger charge is 2.24. The number of primary amides is 1. The highest BCUT2D eigenvalue weighted by molar-refractivity contribution is 7.18. The van der Waals surface area contributed by atoms with Crippen LogP contribution in [0.5, 0.6) is 5.88 Å². The Bertz CT molecular complexity index is 1000. The predicted octanol–water partition coefficient (Wildman–Crippen LogP) is 5.24. The van der Waals surface area contributed by atoms with Gasteiger partial charge in [-0.1, -0.05) is 20.3 Å². The van der Waals surface area contributed by atoms with Crippen LogP contribution in [-0.4, -0.2) is 64.8 Å². The first-order chi connectivity index (χ1) is 18.1. The van der Waals surface area contributed by atoms with E-state index in [0.29, 0.717) is 6.10 Å². The fourth-order valence-corrected chi connectivity index (χ4v) is 5.72. The lowest BCUT2D eigenvalue weighted by Gasteiger charge is -2.30. The van der Waals surface area contributed by atoms with E-state index in [4.69, 9.17) is 9.47 Å². The van der Waals surface area contributed by atoms with Crippen molar-refractivity contribution in [3.8, 4) is 5.88 Å². The van der Waals surface area contributed by atoms with Gasteiger partial charge >= 0.3 is 6.09 Å². The Morgan fingerprint density at radius 2 is 1.68 bits per heavy atom. The molecule has 2 fully saturated rings. The molecule has 3 aliphatic rings. The maximum absolute atomic E-state index is 11.5. The van der Waals surface area contributed by atoms with Crippen LogP contribution in [0.2, 0.25) is 0 Å². The summed E-state index contributed by atoms with van der Waals surface area (Å²) in [7, 11) is 0. The molecule has 9 nitrogen and oxygen atoms in total. The largest absolute Gasteiger partial charge is 0.474 e. The lowest BCUT2D eigenvalue weighted by molar-refractivity contribution is -0.115. The lowest BCUT2D eigenvalue weighted by Crippen LogP contribution is -2.48. The zero-order chi connectivity index (χ0) is 28.1. The van der Waals surface area contributed by atoms with Crippen LogP contribution in [0.4, 0.5) is 4.79 Å². The lowest BCUT2D eigenvalue weighted by atomic mass is 9.98.